The van der Waals surface area contributed by atoms with Gasteiger partial charge in [-0.15, -0.1) is 6.58 Å². The number of benzene rings is 3. The summed E-state index contributed by atoms with van der Waals surface area (Å²) >= 11 is 0. The van der Waals surface area contributed by atoms with Gasteiger partial charge in [0, 0.05) is 12.3 Å². The minimum atomic E-state index is -1.46. The molecule has 1 aliphatic rings. The molecule has 4 rings (SSSR count). The summed E-state index contributed by atoms with van der Waals surface area (Å²) in [5, 5.41) is 15.4. The highest BCUT2D eigenvalue weighted by molar-refractivity contribution is 5.91. The number of amides is 2. The van der Waals surface area contributed by atoms with E-state index in [0.29, 0.717) is 6.42 Å². The molecule has 0 aliphatic heterocycles. The minimum absolute atomic E-state index is 0.109. The molecule has 2 amide bonds. The lowest BCUT2D eigenvalue weighted by Crippen LogP contribution is -2.58. The van der Waals surface area contributed by atoms with Crippen molar-refractivity contribution in [3.05, 3.63) is 108 Å². The fourth-order valence-corrected chi connectivity index (χ4v) is 5.54. The molecule has 0 saturated heterocycles. The number of carbonyl (C=O) groups excluding carboxylic acids is 2. The maximum atomic E-state index is 13.5. The molecule has 0 spiro atoms. The van der Waals surface area contributed by atoms with E-state index in [4.69, 9.17) is 4.74 Å². The maximum absolute atomic E-state index is 13.5. The molecule has 3 N–H and O–H groups in total. The Kier molecular flexibility index (Phi) is 10.5. The molecule has 3 aromatic carbocycles. The van der Waals surface area contributed by atoms with E-state index in [2.05, 4.69) is 29.3 Å². The summed E-state index contributed by atoms with van der Waals surface area (Å²) in [4.78, 5) is 38.8. The molecule has 0 aromatic heterocycles. The van der Waals surface area contributed by atoms with Crippen molar-refractivity contribution in [1.82, 2.24) is 10.6 Å². The summed E-state index contributed by atoms with van der Waals surface area (Å²) in [7, 11) is 0. The van der Waals surface area contributed by atoms with Crippen molar-refractivity contribution < 1.29 is 24.2 Å². The number of rotatable bonds is 15. The van der Waals surface area contributed by atoms with Crippen molar-refractivity contribution in [3.8, 4) is 11.1 Å². The fraction of sp³-hybridized carbons (Fsp3) is 0.343. The lowest BCUT2D eigenvalue weighted by Gasteiger charge is -2.29. The second-order valence-electron chi connectivity index (χ2n) is 11.1. The molecular weight excluding hydrogens is 528 g/mol. The first-order chi connectivity index (χ1) is 20.3. The predicted octanol–water partition coefficient (Wildman–Crippen LogP) is 6.62. The third-order valence-corrected chi connectivity index (χ3v) is 7.94. The van der Waals surface area contributed by atoms with Crippen LogP contribution in [0.5, 0.6) is 0 Å². The van der Waals surface area contributed by atoms with Crippen LogP contribution >= 0.6 is 0 Å². The van der Waals surface area contributed by atoms with Gasteiger partial charge in [0.05, 0.1) is 0 Å². The Balaban J connectivity index is 1.43. The summed E-state index contributed by atoms with van der Waals surface area (Å²) in [6.07, 6.45) is 6.03. The minimum Gasteiger partial charge on any atom is -0.480 e. The Hall–Kier alpha value is -4.39. The number of aliphatic carboxylic acids is 1. The molecule has 0 unspecified atom stereocenters. The largest absolute Gasteiger partial charge is 0.480 e. The number of alkyl carbamates (subject to hydrolysis) is 1. The van der Waals surface area contributed by atoms with Gasteiger partial charge >= 0.3 is 12.1 Å². The zero-order valence-corrected chi connectivity index (χ0v) is 24.2. The van der Waals surface area contributed by atoms with Gasteiger partial charge in [0.15, 0.2) is 0 Å². The van der Waals surface area contributed by atoms with Gasteiger partial charge in [-0.25, -0.2) is 9.59 Å². The molecular formula is C35H40N2O5. The lowest BCUT2D eigenvalue weighted by atomic mass is 9.93. The first-order valence-electron chi connectivity index (χ1n) is 14.6. The quantitative estimate of drug-likeness (QED) is 0.141. The van der Waals surface area contributed by atoms with Gasteiger partial charge in [-0.1, -0.05) is 104 Å². The Morgan fingerprint density at radius 2 is 1.50 bits per heavy atom. The van der Waals surface area contributed by atoms with Gasteiger partial charge in [-0.05, 0) is 54.0 Å². The first-order valence-corrected chi connectivity index (χ1v) is 14.6. The van der Waals surface area contributed by atoms with E-state index in [9.17, 15) is 19.5 Å². The highest BCUT2D eigenvalue weighted by Gasteiger charge is 2.37. The number of nitrogens with one attached hydrogen (secondary N) is 2. The van der Waals surface area contributed by atoms with Crippen LogP contribution in [-0.4, -0.2) is 41.3 Å². The average Bonchev–Trinajstić information content (AvgIpc) is 3.31. The number of fused-ring (bicyclic) bond motifs is 3. The monoisotopic (exact) mass is 568 g/mol. The molecule has 3 aromatic rings. The van der Waals surface area contributed by atoms with E-state index in [-0.39, 0.29) is 25.4 Å². The van der Waals surface area contributed by atoms with E-state index in [1.54, 1.807) is 0 Å². The number of hydrogen-bond donors (Lipinski definition) is 3. The van der Waals surface area contributed by atoms with Crippen molar-refractivity contribution in [2.24, 2.45) is 0 Å². The zero-order chi connectivity index (χ0) is 30.0. The van der Waals surface area contributed by atoms with E-state index in [1.807, 2.05) is 72.8 Å². The third-order valence-electron chi connectivity index (χ3n) is 7.94. The average molecular weight is 569 g/mol. The highest BCUT2D eigenvalue weighted by Crippen LogP contribution is 2.44. The van der Waals surface area contributed by atoms with Crippen molar-refractivity contribution in [3.63, 3.8) is 0 Å². The van der Waals surface area contributed by atoms with Crippen molar-refractivity contribution >= 4 is 18.0 Å². The fourth-order valence-electron chi connectivity index (χ4n) is 5.54. The van der Waals surface area contributed by atoms with Gasteiger partial charge < -0.3 is 20.5 Å². The number of ether oxygens (including phenoxy) is 1. The van der Waals surface area contributed by atoms with Crippen molar-refractivity contribution in [1.29, 1.82) is 0 Å². The Labute approximate surface area is 248 Å². The Morgan fingerprint density at radius 1 is 0.905 bits per heavy atom. The summed E-state index contributed by atoms with van der Waals surface area (Å²) in [5.41, 5.74) is 3.79. The molecule has 0 saturated carbocycles. The molecule has 7 nitrogen and oxygen atoms in total. The lowest BCUT2D eigenvalue weighted by molar-refractivity contribution is -0.147. The number of carboxylic acid groups (broad SMARTS) is 1. The van der Waals surface area contributed by atoms with Gasteiger partial charge in [-0.2, -0.15) is 0 Å². The number of hydrogen-bond acceptors (Lipinski definition) is 4. The van der Waals surface area contributed by atoms with Crippen LogP contribution in [0.3, 0.4) is 0 Å². The van der Waals surface area contributed by atoms with E-state index in [0.717, 1.165) is 53.5 Å². The number of allylic oxidation sites excluding steroid dienone is 1. The van der Waals surface area contributed by atoms with Gasteiger partial charge in [0.25, 0.3) is 0 Å². The second kappa shape index (κ2) is 14.5. The third kappa shape index (κ3) is 7.66. The first kappa shape index (κ1) is 30.6. The zero-order valence-electron chi connectivity index (χ0n) is 24.2. The normalized spacial score (nSPS) is 14.1. The highest BCUT2D eigenvalue weighted by atomic mass is 16.5. The standard InChI is InChI=1S/C35H40N2O5/c1-3-4-5-6-7-15-22-35(2,33(39)40)37-32(38)31(23-25-16-9-8-10-17-25)36-34(41)42-24-30-28-20-13-11-18-26(28)27-19-12-14-21-29(27)30/h3,8-14,16-21,30-31H,1,4-7,15,22-24H2,2H3,(H,36,41)(H,37,38)(H,39,40)/t31-,35-/m1/s1. The van der Waals surface area contributed by atoms with Crippen LogP contribution in [0.25, 0.3) is 11.1 Å². The van der Waals surface area contributed by atoms with Crippen molar-refractivity contribution in [2.75, 3.05) is 6.61 Å². The Morgan fingerprint density at radius 3 is 2.12 bits per heavy atom. The van der Waals surface area contributed by atoms with Crippen LogP contribution in [0.2, 0.25) is 0 Å². The Bertz CT molecular complexity index is 1340. The van der Waals surface area contributed by atoms with Crippen LogP contribution in [0.15, 0.2) is 91.5 Å². The number of unbranched alkanes of at least 4 members (excludes halogenated alkanes) is 4. The summed E-state index contributed by atoms with van der Waals surface area (Å²) < 4.78 is 5.69. The number of carboxylic acids is 1. The van der Waals surface area contributed by atoms with Crippen LogP contribution in [0.4, 0.5) is 4.79 Å². The summed E-state index contributed by atoms with van der Waals surface area (Å²) in [6.45, 7) is 5.35. The van der Waals surface area contributed by atoms with Crippen molar-refractivity contribution in [2.45, 2.75) is 69.4 Å². The molecule has 220 valence electrons. The molecule has 2 atom stereocenters. The van der Waals surface area contributed by atoms with Gasteiger partial charge in [-0.3, -0.25) is 4.79 Å². The van der Waals surface area contributed by atoms with Crippen LogP contribution in [0.1, 0.15) is 68.1 Å². The summed E-state index contributed by atoms with van der Waals surface area (Å²) in [6, 6.07) is 24.4. The molecule has 7 heteroatoms. The predicted molar refractivity (Wildman–Crippen MR) is 164 cm³/mol. The van der Waals surface area contributed by atoms with Crippen LogP contribution in [-0.2, 0) is 20.7 Å². The topological polar surface area (TPSA) is 105 Å². The SMILES string of the molecule is C=CCCCCCC[C@@](C)(NC(=O)[C@@H](Cc1ccccc1)NC(=O)OCC1c2ccccc2-c2ccccc21)C(=O)O. The maximum Gasteiger partial charge on any atom is 0.407 e. The molecule has 0 heterocycles. The molecule has 42 heavy (non-hydrogen) atoms. The van der Waals surface area contributed by atoms with Crippen LogP contribution < -0.4 is 10.6 Å². The van der Waals surface area contributed by atoms with E-state index in [1.165, 1.54) is 6.92 Å². The van der Waals surface area contributed by atoms with E-state index >= 15 is 0 Å². The van der Waals surface area contributed by atoms with Gasteiger partial charge in [0.2, 0.25) is 5.91 Å². The second-order valence-corrected chi connectivity index (χ2v) is 11.1. The summed E-state index contributed by atoms with van der Waals surface area (Å²) in [5.74, 6) is -1.79. The molecule has 0 radical (unpaired) electrons. The smallest absolute Gasteiger partial charge is 0.407 e. The van der Waals surface area contributed by atoms with Crippen LogP contribution in [0, 0.1) is 0 Å². The van der Waals surface area contributed by atoms with E-state index < -0.39 is 29.6 Å². The molecule has 0 fully saturated rings. The number of carbonyl (C=O) groups is 3. The molecule has 1 aliphatic carbocycles. The molecule has 0 bridgehead atoms. The van der Waals surface area contributed by atoms with Gasteiger partial charge in [0.1, 0.15) is 18.2 Å².